The smallest absolute Gasteiger partial charge is 0.256 e. The van der Waals surface area contributed by atoms with E-state index in [4.69, 9.17) is 9.84 Å². The lowest BCUT2D eigenvalue weighted by atomic mass is 10.2. The SMILES string of the molecule is CCN(CCOCCO)C(=O)c1cccnc1Br. The lowest BCUT2D eigenvalue weighted by molar-refractivity contribution is 0.0578. The van der Waals surface area contributed by atoms with E-state index >= 15 is 0 Å². The van der Waals surface area contributed by atoms with Gasteiger partial charge in [0.2, 0.25) is 0 Å². The van der Waals surface area contributed by atoms with Gasteiger partial charge in [-0.05, 0) is 35.0 Å². The number of likely N-dealkylation sites (N-methyl/N-ethyl adjacent to an activating group) is 1. The van der Waals surface area contributed by atoms with E-state index in [2.05, 4.69) is 20.9 Å². The molecule has 1 heterocycles. The van der Waals surface area contributed by atoms with Crippen molar-refractivity contribution in [2.24, 2.45) is 0 Å². The molecule has 1 aromatic heterocycles. The standard InChI is InChI=1S/C12H17BrN2O3/c1-2-15(6-8-18-9-7-16)12(17)10-4-3-5-14-11(10)13/h3-5,16H,2,6-9H2,1H3. The molecule has 1 aromatic rings. The van der Waals surface area contributed by atoms with Crippen LogP contribution in [0.1, 0.15) is 17.3 Å². The number of carbonyl (C=O) groups excluding carboxylic acids is 1. The molecule has 0 aliphatic carbocycles. The summed E-state index contributed by atoms with van der Waals surface area (Å²) in [6.07, 6.45) is 1.63. The summed E-state index contributed by atoms with van der Waals surface area (Å²) in [4.78, 5) is 17.9. The van der Waals surface area contributed by atoms with E-state index in [1.807, 2.05) is 6.92 Å². The van der Waals surface area contributed by atoms with Gasteiger partial charge in [0.25, 0.3) is 5.91 Å². The van der Waals surface area contributed by atoms with E-state index in [-0.39, 0.29) is 12.5 Å². The minimum absolute atomic E-state index is 0.00573. The van der Waals surface area contributed by atoms with Crippen molar-refractivity contribution in [3.05, 3.63) is 28.5 Å². The Bertz CT molecular complexity index is 387. The fourth-order valence-electron chi connectivity index (χ4n) is 1.46. The highest BCUT2D eigenvalue weighted by molar-refractivity contribution is 9.10. The molecule has 100 valence electrons. The zero-order chi connectivity index (χ0) is 13.4. The maximum Gasteiger partial charge on any atom is 0.256 e. The molecule has 1 N–H and O–H groups in total. The van der Waals surface area contributed by atoms with Crippen molar-refractivity contribution in [1.29, 1.82) is 0 Å². The van der Waals surface area contributed by atoms with Crippen LogP contribution >= 0.6 is 15.9 Å². The van der Waals surface area contributed by atoms with Gasteiger partial charge >= 0.3 is 0 Å². The van der Waals surface area contributed by atoms with Crippen LogP contribution in [0.2, 0.25) is 0 Å². The predicted octanol–water partition coefficient (Wildman–Crippen LogP) is 1.32. The second-order valence-electron chi connectivity index (χ2n) is 3.56. The average Bonchev–Trinajstić information content (AvgIpc) is 2.39. The number of ether oxygens (including phenoxy) is 1. The maximum absolute atomic E-state index is 12.2. The summed E-state index contributed by atoms with van der Waals surface area (Å²) in [5, 5.41) is 8.59. The maximum atomic E-state index is 12.2. The van der Waals surface area contributed by atoms with E-state index in [9.17, 15) is 4.79 Å². The first-order valence-electron chi connectivity index (χ1n) is 5.79. The normalized spacial score (nSPS) is 10.4. The first kappa shape index (κ1) is 15.1. The number of halogens is 1. The molecule has 0 radical (unpaired) electrons. The summed E-state index contributed by atoms with van der Waals surface area (Å²) in [6, 6.07) is 3.46. The van der Waals surface area contributed by atoms with Crippen molar-refractivity contribution in [2.75, 3.05) is 32.9 Å². The quantitative estimate of drug-likeness (QED) is 0.608. The summed E-state index contributed by atoms with van der Waals surface area (Å²) in [5.41, 5.74) is 0.543. The number of aliphatic hydroxyl groups is 1. The second kappa shape index (κ2) is 8.18. The van der Waals surface area contributed by atoms with Crippen LogP contribution in [0.25, 0.3) is 0 Å². The molecule has 6 heteroatoms. The lowest BCUT2D eigenvalue weighted by Gasteiger charge is -2.21. The molecule has 0 fully saturated rings. The van der Waals surface area contributed by atoms with E-state index in [0.717, 1.165) is 0 Å². The van der Waals surface area contributed by atoms with Crippen LogP contribution in [0.5, 0.6) is 0 Å². The Balaban J connectivity index is 2.59. The Kier molecular flexibility index (Phi) is 6.85. The van der Waals surface area contributed by atoms with E-state index in [0.29, 0.717) is 36.5 Å². The molecule has 0 bridgehead atoms. The third-order valence-corrected chi connectivity index (χ3v) is 3.03. The first-order chi connectivity index (χ1) is 8.70. The molecule has 0 saturated carbocycles. The monoisotopic (exact) mass is 316 g/mol. The van der Waals surface area contributed by atoms with Crippen molar-refractivity contribution < 1.29 is 14.6 Å². The molecule has 0 saturated heterocycles. The highest BCUT2D eigenvalue weighted by Crippen LogP contribution is 2.14. The number of pyridine rings is 1. The number of nitrogens with zero attached hydrogens (tertiary/aromatic N) is 2. The molecule has 0 aliphatic rings. The van der Waals surface area contributed by atoms with Gasteiger partial charge in [-0.1, -0.05) is 0 Å². The zero-order valence-corrected chi connectivity index (χ0v) is 11.9. The molecule has 0 unspecified atom stereocenters. The lowest BCUT2D eigenvalue weighted by Crippen LogP contribution is -2.34. The minimum atomic E-state index is -0.0786. The molecule has 0 spiro atoms. The Morgan fingerprint density at radius 3 is 2.94 bits per heavy atom. The number of amides is 1. The van der Waals surface area contributed by atoms with Gasteiger partial charge in [0.1, 0.15) is 4.60 Å². The third-order valence-electron chi connectivity index (χ3n) is 2.40. The predicted molar refractivity (Wildman–Crippen MR) is 71.4 cm³/mol. The average molecular weight is 317 g/mol. The van der Waals surface area contributed by atoms with Crippen LogP contribution in [0.3, 0.4) is 0 Å². The minimum Gasteiger partial charge on any atom is -0.394 e. The molecule has 1 rings (SSSR count). The van der Waals surface area contributed by atoms with Crippen molar-refractivity contribution in [2.45, 2.75) is 6.92 Å². The molecule has 0 aliphatic heterocycles. The van der Waals surface area contributed by atoms with Gasteiger partial charge in [0, 0.05) is 19.3 Å². The van der Waals surface area contributed by atoms with Gasteiger partial charge < -0.3 is 14.7 Å². The second-order valence-corrected chi connectivity index (χ2v) is 4.31. The third kappa shape index (κ3) is 4.36. The summed E-state index contributed by atoms with van der Waals surface area (Å²) >= 11 is 3.26. The first-order valence-corrected chi connectivity index (χ1v) is 6.58. The summed E-state index contributed by atoms with van der Waals surface area (Å²) < 4.78 is 5.71. The fraction of sp³-hybridized carbons (Fsp3) is 0.500. The van der Waals surface area contributed by atoms with Crippen LogP contribution in [0.4, 0.5) is 0 Å². The van der Waals surface area contributed by atoms with Gasteiger partial charge in [-0.2, -0.15) is 0 Å². The summed E-state index contributed by atoms with van der Waals surface area (Å²) in [6.45, 7) is 3.71. The number of rotatable bonds is 7. The topological polar surface area (TPSA) is 62.7 Å². The van der Waals surface area contributed by atoms with Gasteiger partial charge in [-0.15, -0.1) is 0 Å². The van der Waals surface area contributed by atoms with E-state index in [1.165, 1.54) is 0 Å². The number of carbonyl (C=O) groups is 1. The highest BCUT2D eigenvalue weighted by atomic mass is 79.9. The summed E-state index contributed by atoms with van der Waals surface area (Å²) in [5.74, 6) is -0.0786. The van der Waals surface area contributed by atoms with Crippen LogP contribution in [0.15, 0.2) is 22.9 Å². The Hall–Kier alpha value is -0.980. The van der Waals surface area contributed by atoms with Crippen LogP contribution in [0, 0.1) is 0 Å². The van der Waals surface area contributed by atoms with Crippen molar-refractivity contribution >= 4 is 21.8 Å². The van der Waals surface area contributed by atoms with Crippen LogP contribution in [-0.2, 0) is 4.74 Å². The Morgan fingerprint density at radius 2 is 2.33 bits per heavy atom. The largest absolute Gasteiger partial charge is 0.394 e. The Morgan fingerprint density at radius 1 is 1.56 bits per heavy atom. The molecular weight excluding hydrogens is 300 g/mol. The highest BCUT2D eigenvalue weighted by Gasteiger charge is 2.16. The van der Waals surface area contributed by atoms with Crippen molar-refractivity contribution in [3.63, 3.8) is 0 Å². The van der Waals surface area contributed by atoms with E-state index < -0.39 is 0 Å². The van der Waals surface area contributed by atoms with Crippen LogP contribution < -0.4 is 0 Å². The zero-order valence-electron chi connectivity index (χ0n) is 10.3. The number of aliphatic hydroxyl groups excluding tert-OH is 1. The van der Waals surface area contributed by atoms with Crippen molar-refractivity contribution in [3.8, 4) is 0 Å². The van der Waals surface area contributed by atoms with E-state index in [1.54, 1.807) is 23.2 Å². The Labute approximate surface area is 115 Å². The summed E-state index contributed by atoms with van der Waals surface area (Å²) in [7, 11) is 0. The van der Waals surface area contributed by atoms with Crippen molar-refractivity contribution in [1.82, 2.24) is 9.88 Å². The van der Waals surface area contributed by atoms with Gasteiger partial charge in [0.05, 0.1) is 25.4 Å². The molecule has 1 amide bonds. The number of hydrogen-bond donors (Lipinski definition) is 1. The molecule has 0 atom stereocenters. The molecule has 5 nitrogen and oxygen atoms in total. The number of hydrogen-bond acceptors (Lipinski definition) is 4. The molecule has 18 heavy (non-hydrogen) atoms. The fourth-order valence-corrected chi connectivity index (χ4v) is 1.88. The molecule has 0 aromatic carbocycles. The van der Waals surface area contributed by atoms with Crippen LogP contribution in [-0.4, -0.2) is 53.8 Å². The number of aromatic nitrogens is 1. The van der Waals surface area contributed by atoms with Gasteiger partial charge in [-0.25, -0.2) is 4.98 Å². The van der Waals surface area contributed by atoms with Gasteiger partial charge in [0.15, 0.2) is 0 Å². The van der Waals surface area contributed by atoms with Gasteiger partial charge in [-0.3, -0.25) is 4.79 Å². The molecular formula is C12H17BrN2O3.